The highest BCUT2D eigenvalue weighted by Crippen LogP contribution is 2.36. The van der Waals surface area contributed by atoms with Crippen LogP contribution in [0, 0.1) is 34.9 Å². The molecule has 2 aliphatic carbocycles. The largest absolute Gasteiger partial charge is 0.207 e. The molecule has 0 bridgehead atoms. The smallest absolute Gasteiger partial charge is 0.123 e. The predicted molar refractivity (Wildman–Crippen MR) is 134 cm³/mol. The van der Waals surface area contributed by atoms with Crippen molar-refractivity contribution >= 4 is 11.6 Å². The number of hydrogen-bond acceptors (Lipinski definition) is 0. The number of benzene rings is 4. The first kappa shape index (κ1) is 21.0. The van der Waals surface area contributed by atoms with Crippen LogP contribution >= 0.6 is 0 Å². The first-order valence-electron chi connectivity index (χ1n) is 12.0. The Morgan fingerprint density at radius 2 is 1.50 bits per heavy atom. The molecule has 0 amide bonds. The van der Waals surface area contributed by atoms with Gasteiger partial charge in [-0.25, -0.2) is 8.78 Å². The van der Waals surface area contributed by atoms with Crippen molar-refractivity contribution in [3.8, 4) is 0 Å². The molecule has 168 valence electrons. The molecule has 0 saturated carbocycles. The predicted octanol–water partition coefficient (Wildman–Crippen LogP) is 6.27. The average molecular weight is 449 g/mol. The van der Waals surface area contributed by atoms with Crippen LogP contribution < -0.4 is 10.4 Å². The van der Waals surface area contributed by atoms with Gasteiger partial charge in [0.15, 0.2) is 0 Å². The van der Waals surface area contributed by atoms with Gasteiger partial charge < -0.3 is 0 Å². The van der Waals surface area contributed by atoms with Gasteiger partial charge in [0.05, 0.1) is 0 Å². The molecule has 0 saturated heterocycles. The zero-order chi connectivity index (χ0) is 23.4. The van der Waals surface area contributed by atoms with Crippen molar-refractivity contribution in [3.63, 3.8) is 0 Å². The lowest BCUT2D eigenvalue weighted by Crippen LogP contribution is -2.28. The maximum absolute atomic E-state index is 14.3. The molecule has 2 aliphatic rings. The molecule has 2 atom stereocenters. The minimum absolute atomic E-state index is 0.00459. The number of halogens is 2. The molecular weight excluding hydrogens is 422 g/mol. The third-order valence-corrected chi connectivity index (χ3v) is 7.59. The molecular formula is C32H26F2. The van der Waals surface area contributed by atoms with Crippen LogP contribution in [0.3, 0.4) is 0 Å². The summed E-state index contributed by atoms with van der Waals surface area (Å²) in [7, 11) is 0. The summed E-state index contributed by atoms with van der Waals surface area (Å²) in [5.74, 6) is -0.0126. The Bertz CT molecular complexity index is 1650. The van der Waals surface area contributed by atoms with Gasteiger partial charge in [-0.15, -0.1) is 0 Å². The summed E-state index contributed by atoms with van der Waals surface area (Å²) >= 11 is 0. The minimum Gasteiger partial charge on any atom is -0.207 e. The number of rotatable bonds is 2. The summed E-state index contributed by atoms with van der Waals surface area (Å²) in [5.41, 5.74) is 7.62. The maximum Gasteiger partial charge on any atom is 0.123 e. The number of hydrogen-bond donors (Lipinski definition) is 0. The van der Waals surface area contributed by atoms with Gasteiger partial charge in [-0.2, -0.15) is 0 Å². The molecule has 0 N–H and O–H groups in total. The van der Waals surface area contributed by atoms with Crippen molar-refractivity contribution < 1.29 is 8.78 Å². The zero-order valence-electron chi connectivity index (χ0n) is 19.4. The Hall–Kier alpha value is -3.52. The van der Waals surface area contributed by atoms with Gasteiger partial charge in [0.25, 0.3) is 0 Å². The van der Waals surface area contributed by atoms with E-state index in [-0.39, 0.29) is 17.6 Å². The maximum atomic E-state index is 14.3. The highest BCUT2D eigenvalue weighted by molar-refractivity contribution is 5.72. The number of fused-ring (bicyclic) bond motifs is 4. The SMILES string of the molecule is Cc1ccccc1C1=c2ccc3c(c2CCC1C)C(c1ccc(F)cc1)C=c1ccc(F)cc1=3. The van der Waals surface area contributed by atoms with Crippen LogP contribution in [-0.4, -0.2) is 0 Å². The van der Waals surface area contributed by atoms with Gasteiger partial charge >= 0.3 is 0 Å². The third kappa shape index (κ3) is 3.32. The normalized spacial score (nSPS) is 18.5. The molecule has 0 aliphatic heterocycles. The Morgan fingerprint density at radius 3 is 2.29 bits per heavy atom. The van der Waals surface area contributed by atoms with Crippen molar-refractivity contribution in [3.05, 3.63) is 139 Å². The standard InChI is InChI=1S/C32H26F2/c1-19-5-3-4-6-25(19)31-20(2)7-14-27-26(31)15-16-28-29-18-24(34)13-10-22(29)17-30(32(27)28)21-8-11-23(33)12-9-21/h3-6,8-13,15-18,20,30H,7,14H2,1-2H3. The van der Waals surface area contributed by atoms with Crippen LogP contribution in [0.15, 0.2) is 78.9 Å². The molecule has 0 spiro atoms. The van der Waals surface area contributed by atoms with E-state index in [0.29, 0.717) is 5.92 Å². The van der Waals surface area contributed by atoms with Gasteiger partial charge in [0.1, 0.15) is 11.6 Å². The van der Waals surface area contributed by atoms with E-state index in [1.54, 1.807) is 6.07 Å². The van der Waals surface area contributed by atoms with Gasteiger partial charge in [-0.3, -0.25) is 0 Å². The Morgan fingerprint density at radius 1 is 0.765 bits per heavy atom. The van der Waals surface area contributed by atoms with Crippen molar-refractivity contribution in [2.24, 2.45) is 5.92 Å². The summed E-state index contributed by atoms with van der Waals surface area (Å²) in [6.45, 7) is 4.49. The van der Waals surface area contributed by atoms with Gasteiger partial charge in [-0.1, -0.05) is 67.6 Å². The summed E-state index contributed by atoms with van der Waals surface area (Å²) in [6.07, 6.45) is 4.26. The fraction of sp³-hybridized carbons (Fsp3) is 0.188. The molecule has 2 unspecified atom stereocenters. The lowest BCUT2D eigenvalue weighted by Gasteiger charge is -2.29. The molecule has 34 heavy (non-hydrogen) atoms. The monoisotopic (exact) mass is 448 g/mol. The second-order valence-electron chi connectivity index (χ2n) is 9.65. The molecule has 4 aromatic carbocycles. The fourth-order valence-corrected chi connectivity index (χ4v) is 5.94. The Kier molecular flexibility index (Phi) is 4.99. The van der Waals surface area contributed by atoms with Gasteiger partial charge in [-0.05, 0) is 104 Å². The second kappa shape index (κ2) is 8.06. The van der Waals surface area contributed by atoms with E-state index in [2.05, 4.69) is 56.3 Å². The topological polar surface area (TPSA) is 0 Å². The van der Waals surface area contributed by atoms with Gasteiger partial charge in [0.2, 0.25) is 0 Å². The summed E-state index contributed by atoms with van der Waals surface area (Å²) in [6, 6.07) is 24.9. The molecule has 2 heteroatoms. The highest BCUT2D eigenvalue weighted by atomic mass is 19.1. The molecule has 0 aromatic heterocycles. The molecule has 0 nitrogen and oxygen atoms in total. The van der Waals surface area contributed by atoms with Crippen LogP contribution in [0.2, 0.25) is 0 Å². The highest BCUT2D eigenvalue weighted by Gasteiger charge is 2.26. The molecule has 4 aromatic rings. The minimum atomic E-state index is -0.235. The lowest BCUT2D eigenvalue weighted by molar-refractivity contribution is 0.624. The van der Waals surface area contributed by atoms with E-state index in [9.17, 15) is 8.78 Å². The Labute approximate surface area is 198 Å². The second-order valence-corrected chi connectivity index (χ2v) is 9.65. The molecule has 0 fully saturated rings. The quantitative estimate of drug-likeness (QED) is 0.339. The molecule has 6 rings (SSSR count). The van der Waals surface area contributed by atoms with Gasteiger partial charge in [0, 0.05) is 5.92 Å². The van der Waals surface area contributed by atoms with E-state index >= 15 is 0 Å². The first-order chi connectivity index (χ1) is 16.5. The average Bonchev–Trinajstić information content (AvgIpc) is 2.84. The van der Waals surface area contributed by atoms with Crippen molar-refractivity contribution in [1.82, 2.24) is 0 Å². The van der Waals surface area contributed by atoms with E-state index in [4.69, 9.17) is 0 Å². The van der Waals surface area contributed by atoms with E-state index in [0.717, 1.165) is 34.1 Å². The van der Waals surface area contributed by atoms with Crippen LogP contribution in [0.1, 0.15) is 47.1 Å². The van der Waals surface area contributed by atoms with E-state index < -0.39 is 0 Å². The Balaban J connectivity index is 1.77. The van der Waals surface area contributed by atoms with E-state index in [1.807, 2.05) is 18.2 Å². The number of aryl methyl sites for hydroxylation is 1. The van der Waals surface area contributed by atoms with E-state index in [1.165, 1.54) is 51.2 Å². The van der Waals surface area contributed by atoms with Crippen molar-refractivity contribution in [2.45, 2.75) is 32.6 Å². The van der Waals surface area contributed by atoms with Crippen LogP contribution in [0.5, 0.6) is 0 Å². The zero-order valence-corrected chi connectivity index (χ0v) is 19.4. The van der Waals surface area contributed by atoms with Crippen molar-refractivity contribution in [2.75, 3.05) is 0 Å². The molecule has 0 radical (unpaired) electrons. The van der Waals surface area contributed by atoms with Crippen LogP contribution in [-0.2, 0) is 6.42 Å². The lowest BCUT2D eigenvalue weighted by atomic mass is 9.75. The van der Waals surface area contributed by atoms with Crippen LogP contribution in [0.25, 0.3) is 11.6 Å². The summed E-state index contributed by atoms with van der Waals surface area (Å²) in [4.78, 5) is 0. The first-order valence-corrected chi connectivity index (χ1v) is 12.0. The summed E-state index contributed by atoms with van der Waals surface area (Å²) in [5, 5.41) is 4.35. The third-order valence-electron chi connectivity index (χ3n) is 7.59. The molecule has 0 heterocycles. The fourth-order valence-electron chi connectivity index (χ4n) is 5.94. The summed E-state index contributed by atoms with van der Waals surface area (Å²) < 4.78 is 28.1. The van der Waals surface area contributed by atoms with Crippen molar-refractivity contribution in [1.29, 1.82) is 0 Å². The van der Waals surface area contributed by atoms with Crippen LogP contribution in [0.4, 0.5) is 8.78 Å².